The van der Waals surface area contributed by atoms with Gasteiger partial charge in [-0.3, -0.25) is 4.99 Å². The van der Waals surface area contributed by atoms with Gasteiger partial charge in [0.1, 0.15) is 0 Å². The normalized spacial score (nSPS) is 18.0. The first-order valence-corrected chi connectivity index (χ1v) is 2.98. The van der Waals surface area contributed by atoms with Gasteiger partial charge in [-0.05, 0) is 6.92 Å². The SMILES string of the molecule is CC1=CN=CCN1CN. The Balaban J connectivity index is 2.59. The number of aliphatic imine (C=N–C) groups is 1. The van der Waals surface area contributed by atoms with Crippen LogP contribution in [-0.4, -0.2) is 24.3 Å². The Kier molecular flexibility index (Phi) is 1.85. The maximum atomic E-state index is 5.42. The Labute approximate surface area is 54.9 Å². The largest absolute Gasteiger partial charge is 0.356 e. The smallest absolute Gasteiger partial charge is 0.0658 e. The number of hydrogen-bond acceptors (Lipinski definition) is 3. The third-order valence-corrected chi connectivity index (χ3v) is 1.39. The summed E-state index contributed by atoms with van der Waals surface area (Å²) in [5.41, 5.74) is 6.56. The predicted molar refractivity (Wildman–Crippen MR) is 38.0 cm³/mol. The maximum Gasteiger partial charge on any atom is 0.0658 e. The van der Waals surface area contributed by atoms with Crippen molar-refractivity contribution in [1.29, 1.82) is 0 Å². The van der Waals surface area contributed by atoms with Gasteiger partial charge in [-0.2, -0.15) is 0 Å². The first-order valence-electron chi connectivity index (χ1n) is 2.98. The highest BCUT2D eigenvalue weighted by molar-refractivity contribution is 5.62. The second-order valence-electron chi connectivity index (χ2n) is 2.01. The van der Waals surface area contributed by atoms with E-state index in [4.69, 9.17) is 5.73 Å². The van der Waals surface area contributed by atoms with Gasteiger partial charge < -0.3 is 10.6 Å². The zero-order valence-corrected chi connectivity index (χ0v) is 5.54. The molecule has 3 nitrogen and oxygen atoms in total. The fourth-order valence-corrected chi connectivity index (χ4v) is 0.750. The van der Waals surface area contributed by atoms with Crippen LogP contribution in [0, 0.1) is 0 Å². The van der Waals surface area contributed by atoms with Crippen LogP contribution in [0.4, 0.5) is 0 Å². The van der Waals surface area contributed by atoms with Crippen molar-refractivity contribution in [2.45, 2.75) is 6.92 Å². The van der Waals surface area contributed by atoms with Gasteiger partial charge in [-0.25, -0.2) is 0 Å². The topological polar surface area (TPSA) is 41.6 Å². The van der Waals surface area contributed by atoms with Crippen LogP contribution in [0.1, 0.15) is 6.92 Å². The molecule has 0 aromatic heterocycles. The molecule has 0 radical (unpaired) electrons. The molecule has 3 heteroatoms. The average Bonchev–Trinajstić information content (AvgIpc) is 1.89. The van der Waals surface area contributed by atoms with Crippen molar-refractivity contribution in [2.75, 3.05) is 13.2 Å². The Morgan fingerprint density at radius 3 is 3.11 bits per heavy atom. The molecule has 0 saturated heterocycles. The molecule has 0 fully saturated rings. The van der Waals surface area contributed by atoms with Crippen molar-refractivity contribution < 1.29 is 0 Å². The van der Waals surface area contributed by atoms with E-state index in [1.54, 1.807) is 0 Å². The Bertz CT molecular complexity index is 148. The summed E-state index contributed by atoms with van der Waals surface area (Å²) in [6.45, 7) is 3.43. The van der Waals surface area contributed by atoms with Crippen LogP contribution >= 0.6 is 0 Å². The third kappa shape index (κ3) is 1.29. The minimum Gasteiger partial charge on any atom is -0.356 e. The fraction of sp³-hybridized carbons (Fsp3) is 0.500. The minimum absolute atomic E-state index is 0.578. The summed E-state index contributed by atoms with van der Waals surface area (Å²) in [6.07, 6.45) is 3.66. The Morgan fingerprint density at radius 1 is 1.89 bits per heavy atom. The van der Waals surface area contributed by atoms with Gasteiger partial charge in [0.2, 0.25) is 0 Å². The van der Waals surface area contributed by atoms with Crippen molar-refractivity contribution in [2.24, 2.45) is 10.7 Å². The second-order valence-corrected chi connectivity index (χ2v) is 2.01. The number of nitrogens with two attached hydrogens (primary N) is 1. The lowest BCUT2D eigenvalue weighted by Gasteiger charge is -2.22. The van der Waals surface area contributed by atoms with Crippen LogP contribution < -0.4 is 5.73 Å². The van der Waals surface area contributed by atoms with E-state index in [-0.39, 0.29) is 0 Å². The van der Waals surface area contributed by atoms with E-state index in [9.17, 15) is 0 Å². The van der Waals surface area contributed by atoms with E-state index < -0.39 is 0 Å². The molecule has 2 N–H and O–H groups in total. The third-order valence-electron chi connectivity index (χ3n) is 1.39. The molecule has 0 saturated carbocycles. The summed E-state index contributed by atoms with van der Waals surface area (Å²) in [7, 11) is 0. The molecule has 0 atom stereocenters. The minimum atomic E-state index is 0.578. The summed E-state index contributed by atoms with van der Waals surface area (Å²) in [6, 6.07) is 0. The quantitative estimate of drug-likeness (QED) is 0.542. The first kappa shape index (κ1) is 6.29. The summed E-state index contributed by atoms with van der Waals surface area (Å²) in [4.78, 5) is 6.02. The Morgan fingerprint density at radius 2 is 2.67 bits per heavy atom. The molecule has 0 aromatic rings. The van der Waals surface area contributed by atoms with Gasteiger partial charge in [0.15, 0.2) is 0 Å². The molecular weight excluding hydrogens is 114 g/mol. The molecule has 9 heavy (non-hydrogen) atoms. The molecule has 0 bridgehead atoms. The standard InChI is InChI=1S/C6H11N3/c1-6-4-8-2-3-9(6)5-7/h2,4H,3,5,7H2,1H3. The van der Waals surface area contributed by atoms with Gasteiger partial charge in [-0.15, -0.1) is 0 Å². The molecule has 50 valence electrons. The highest BCUT2D eigenvalue weighted by Crippen LogP contribution is 2.02. The number of nitrogens with zero attached hydrogens (tertiary/aromatic N) is 2. The number of rotatable bonds is 1. The van der Waals surface area contributed by atoms with Crippen LogP contribution in [0.25, 0.3) is 0 Å². The van der Waals surface area contributed by atoms with Crippen molar-refractivity contribution >= 4 is 6.21 Å². The van der Waals surface area contributed by atoms with Gasteiger partial charge in [-0.1, -0.05) is 0 Å². The van der Waals surface area contributed by atoms with Crippen LogP contribution in [0.3, 0.4) is 0 Å². The molecule has 0 amide bonds. The molecule has 1 aliphatic rings. The maximum absolute atomic E-state index is 5.42. The molecule has 0 spiro atoms. The zero-order valence-electron chi connectivity index (χ0n) is 5.54. The van der Waals surface area contributed by atoms with Crippen LogP contribution in [0.5, 0.6) is 0 Å². The molecular formula is C6H11N3. The lowest BCUT2D eigenvalue weighted by atomic mass is 10.4. The van der Waals surface area contributed by atoms with E-state index in [1.807, 2.05) is 24.2 Å². The highest BCUT2D eigenvalue weighted by Gasteiger charge is 2.02. The zero-order chi connectivity index (χ0) is 6.69. The van der Waals surface area contributed by atoms with Crippen LogP contribution in [0.2, 0.25) is 0 Å². The molecule has 0 aromatic carbocycles. The van der Waals surface area contributed by atoms with Gasteiger partial charge >= 0.3 is 0 Å². The van der Waals surface area contributed by atoms with Gasteiger partial charge in [0.25, 0.3) is 0 Å². The summed E-state index contributed by atoms with van der Waals surface area (Å²) < 4.78 is 0. The monoisotopic (exact) mass is 125 g/mol. The lowest BCUT2D eigenvalue weighted by molar-refractivity contribution is 0.401. The molecule has 0 unspecified atom stereocenters. The van der Waals surface area contributed by atoms with Crippen LogP contribution in [-0.2, 0) is 0 Å². The van der Waals surface area contributed by atoms with E-state index in [2.05, 4.69) is 4.99 Å². The van der Waals surface area contributed by atoms with Gasteiger partial charge in [0, 0.05) is 18.1 Å². The van der Waals surface area contributed by atoms with Crippen molar-refractivity contribution in [3.63, 3.8) is 0 Å². The number of allylic oxidation sites excluding steroid dienone is 1. The van der Waals surface area contributed by atoms with Gasteiger partial charge in [0.05, 0.1) is 13.2 Å². The first-order chi connectivity index (χ1) is 4.34. The molecule has 1 aliphatic heterocycles. The van der Waals surface area contributed by atoms with E-state index in [1.165, 1.54) is 0 Å². The van der Waals surface area contributed by atoms with Crippen molar-refractivity contribution in [1.82, 2.24) is 4.90 Å². The lowest BCUT2D eigenvalue weighted by Crippen LogP contribution is -2.31. The Hall–Kier alpha value is -0.830. The highest BCUT2D eigenvalue weighted by atomic mass is 15.2. The van der Waals surface area contributed by atoms with E-state index in [0.29, 0.717) is 6.67 Å². The van der Waals surface area contributed by atoms with E-state index >= 15 is 0 Å². The molecule has 1 heterocycles. The van der Waals surface area contributed by atoms with Crippen molar-refractivity contribution in [3.8, 4) is 0 Å². The second kappa shape index (κ2) is 2.64. The summed E-state index contributed by atoms with van der Waals surface area (Å²) >= 11 is 0. The van der Waals surface area contributed by atoms with Crippen molar-refractivity contribution in [3.05, 3.63) is 11.9 Å². The van der Waals surface area contributed by atoms with Crippen LogP contribution in [0.15, 0.2) is 16.9 Å². The molecule has 0 aliphatic carbocycles. The summed E-state index contributed by atoms with van der Waals surface area (Å²) in [5, 5.41) is 0. The fourth-order valence-electron chi connectivity index (χ4n) is 0.750. The molecule has 1 rings (SSSR count). The summed E-state index contributed by atoms with van der Waals surface area (Å²) in [5.74, 6) is 0. The number of hydrogen-bond donors (Lipinski definition) is 1. The average molecular weight is 125 g/mol. The van der Waals surface area contributed by atoms with E-state index in [0.717, 1.165) is 12.2 Å². The predicted octanol–water partition coefficient (Wildman–Crippen LogP) is 0.150.